The maximum Gasteiger partial charge on any atom is 0.271 e. The summed E-state index contributed by atoms with van der Waals surface area (Å²) in [6.45, 7) is 1.19. The van der Waals surface area contributed by atoms with Crippen molar-refractivity contribution in [2.24, 2.45) is 0 Å². The molecule has 8 heteroatoms. The fourth-order valence-corrected chi connectivity index (χ4v) is 3.36. The zero-order valence-corrected chi connectivity index (χ0v) is 11.7. The first-order valence-electron chi connectivity index (χ1n) is 6.00. The number of amides is 1. The summed E-state index contributed by atoms with van der Waals surface area (Å²) in [5, 5.41) is 7.62. The number of hydrogen-bond acceptors (Lipinski definition) is 5. The molecule has 1 aliphatic rings. The van der Waals surface area contributed by atoms with Crippen LogP contribution >= 0.6 is 23.1 Å². The van der Waals surface area contributed by atoms with E-state index in [2.05, 4.69) is 19.8 Å². The summed E-state index contributed by atoms with van der Waals surface area (Å²) in [6, 6.07) is 1.85. The molecule has 3 aromatic heterocycles. The number of aromatic nitrogens is 4. The fourth-order valence-electron chi connectivity index (χ4n) is 2.32. The van der Waals surface area contributed by atoms with E-state index in [0.29, 0.717) is 29.5 Å². The van der Waals surface area contributed by atoms with Crippen LogP contribution in [0, 0.1) is 0 Å². The Kier molecular flexibility index (Phi) is 2.51. The molecular weight excluding hydrogens is 298 g/mol. The first-order chi connectivity index (χ1) is 9.75. The highest BCUT2D eigenvalue weighted by atomic mass is 35.5. The topological polar surface area (TPSA) is 72.7 Å². The SMILES string of the molecule is O=C1NCCn2nc(-c3ccnc4cnsc34)c(Cl)c21. The lowest BCUT2D eigenvalue weighted by Crippen LogP contribution is -2.35. The molecule has 6 nitrogen and oxygen atoms in total. The fraction of sp³-hybridized carbons (Fsp3) is 0.167. The van der Waals surface area contributed by atoms with Crippen molar-refractivity contribution in [2.75, 3.05) is 6.54 Å². The normalized spacial score (nSPS) is 14.3. The number of rotatable bonds is 1. The molecule has 1 N–H and O–H groups in total. The Morgan fingerprint density at radius 1 is 1.45 bits per heavy atom. The van der Waals surface area contributed by atoms with Crippen LogP contribution in [0.1, 0.15) is 10.5 Å². The molecule has 0 atom stereocenters. The highest BCUT2D eigenvalue weighted by Crippen LogP contribution is 2.35. The molecule has 4 rings (SSSR count). The van der Waals surface area contributed by atoms with E-state index in [1.54, 1.807) is 17.1 Å². The third-order valence-electron chi connectivity index (χ3n) is 3.23. The molecule has 20 heavy (non-hydrogen) atoms. The maximum absolute atomic E-state index is 11.9. The summed E-state index contributed by atoms with van der Waals surface area (Å²) in [4.78, 5) is 16.1. The molecule has 0 saturated carbocycles. The molecule has 3 aromatic rings. The van der Waals surface area contributed by atoms with E-state index in [9.17, 15) is 4.79 Å². The number of halogens is 1. The van der Waals surface area contributed by atoms with E-state index in [-0.39, 0.29) is 5.91 Å². The average Bonchev–Trinajstić information content (AvgIpc) is 3.04. The van der Waals surface area contributed by atoms with Gasteiger partial charge >= 0.3 is 0 Å². The summed E-state index contributed by atoms with van der Waals surface area (Å²) in [5.41, 5.74) is 2.69. The van der Waals surface area contributed by atoms with Crippen LogP contribution in [0.25, 0.3) is 21.5 Å². The van der Waals surface area contributed by atoms with Gasteiger partial charge in [0.05, 0.1) is 22.5 Å². The molecule has 1 amide bonds. The van der Waals surface area contributed by atoms with Crippen LogP contribution in [0.5, 0.6) is 0 Å². The van der Waals surface area contributed by atoms with E-state index in [0.717, 1.165) is 15.8 Å². The monoisotopic (exact) mass is 305 g/mol. The zero-order chi connectivity index (χ0) is 13.7. The van der Waals surface area contributed by atoms with Gasteiger partial charge in [-0.1, -0.05) is 11.6 Å². The second-order valence-corrected chi connectivity index (χ2v) is 5.57. The van der Waals surface area contributed by atoms with Crippen LogP contribution in [0.15, 0.2) is 18.5 Å². The van der Waals surface area contributed by atoms with Crippen molar-refractivity contribution in [1.82, 2.24) is 24.5 Å². The predicted molar refractivity (Wildman–Crippen MR) is 76.0 cm³/mol. The summed E-state index contributed by atoms with van der Waals surface area (Å²) in [5.74, 6) is -0.186. The Bertz CT molecular complexity index is 840. The molecular formula is C12H8ClN5OS. The van der Waals surface area contributed by atoms with Crippen molar-refractivity contribution in [3.63, 3.8) is 0 Å². The van der Waals surface area contributed by atoms with Crippen molar-refractivity contribution < 1.29 is 4.79 Å². The van der Waals surface area contributed by atoms with Gasteiger partial charge in [0.15, 0.2) is 0 Å². The zero-order valence-electron chi connectivity index (χ0n) is 10.1. The minimum absolute atomic E-state index is 0.186. The number of carbonyl (C=O) groups excluding carboxylic acids is 1. The Morgan fingerprint density at radius 2 is 2.35 bits per heavy atom. The molecule has 0 spiro atoms. The van der Waals surface area contributed by atoms with Crippen molar-refractivity contribution in [3.8, 4) is 11.3 Å². The highest BCUT2D eigenvalue weighted by Gasteiger charge is 2.26. The summed E-state index contributed by atoms with van der Waals surface area (Å²) >= 11 is 7.70. The average molecular weight is 306 g/mol. The Hall–Kier alpha value is -1.99. The van der Waals surface area contributed by atoms with E-state index >= 15 is 0 Å². The molecule has 1 aliphatic heterocycles. The first kappa shape index (κ1) is 11.8. The van der Waals surface area contributed by atoms with Crippen molar-refractivity contribution in [1.29, 1.82) is 0 Å². The Labute approximate surface area is 122 Å². The van der Waals surface area contributed by atoms with Gasteiger partial charge in [0.25, 0.3) is 5.91 Å². The van der Waals surface area contributed by atoms with E-state index in [1.165, 1.54) is 11.5 Å². The summed E-state index contributed by atoms with van der Waals surface area (Å²) < 4.78 is 6.71. The minimum atomic E-state index is -0.186. The smallest absolute Gasteiger partial charge is 0.271 e. The maximum atomic E-state index is 11.9. The van der Waals surface area contributed by atoms with E-state index in [4.69, 9.17) is 11.6 Å². The third-order valence-corrected chi connectivity index (χ3v) is 4.41. The van der Waals surface area contributed by atoms with Gasteiger partial charge < -0.3 is 5.32 Å². The molecule has 4 heterocycles. The van der Waals surface area contributed by atoms with Crippen LogP contribution in [-0.4, -0.2) is 31.6 Å². The van der Waals surface area contributed by atoms with Crippen molar-refractivity contribution in [3.05, 3.63) is 29.2 Å². The van der Waals surface area contributed by atoms with Gasteiger partial charge in [-0.2, -0.15) is 9.47 Å². The second kappa shape index (κ2) is 4.26. The van der Waals surface area contributed by atoms with Crippen molar-refractivity contribution >= 4 is 39.3 Å². The number of pyridine rings is 1. The molecule has 0 unspecified atom stereocenters. The lowest BCUT2D eigenvalue weighted by Gasteiger charge is -2.13. The van der Waals surface area contributed by atoms with E-state index in [1.807, 2.05) is 6.07 Å². The van der Waals surface area contributed by atoms with Crippen LogP contribution in [0.3, 0.4) is 0 Å². The number of hydrogen-bond donors (Lipinski definition) is 1. The number of fused-ring (bicyclic) bond motifs is 2. The highest BCUT2D eigenvalue weighted by molar-refractivity contribution is 7.13. The van der Waals surface area contributed by atoms with Gasteiger partial charge in [-0.25, -0.2) is 0 Å². The molecule has 0 radical (unpaired) electrons. The van der Waals surface area contributed by atoms with Crippen molar-refractivity contribution in [2.45, 2.75) is 6.54 Å². The summed E-state index contributed by atoms with van der Waals surface area (Å²) in [6.07, 6.45) is 3.40. The van der Waals surface area contributed by atoms with Gasteiger partial charge in [0, 0.05) is 18.3 Å². The first-order valence-corrected chi connectivity index (χ1v) is 7.15. The van der Waals surface area contributed by atoms with Crippen LogP contribution < -0.4 is 5.32 Å². The Balaban J connectivity index is 2.00. The molecule has 0 aromatic carbocycles. The number of nitrogens with one attached hydrogen (secondary N) is 1. The quantitative estimate of drug-likeness (QED) is 0.746. The van der Waals surface area contributed by atoms with Crippen LogP contribution in [0.2, 0.25) is 5.02 Å². The lowest BCUT2D eigenvalue weighted by molar-refractivity contribution is 0.0924. The Morgan fingerprint density at radius 3 is 3.20 bits per heavy atom. The third kappa shape index (κ3) is 1.56. The van der Waals surface area contributed by atoms with Gasteiger partial charge in [-0.3, -0.25) is 14.5 Å². The summed E-state index contributed by atoms with van der Waals surface area (Å²) in [7, 11) is 0. The largest absolute Gasteiger partial charge is 0.349 e. The second-order valence-electron chi connectivity index (χ2n) is 4.39. The molecule has 0 fully saturated rings. The molecule has 0 saturated heterocycles. The minimum Gasteiger partial charge on any atom is -0.349 e. The standard InChI is InChI=1S/C12H8ClN5OS/c13-8-9(17-18-4-3-15-12(19)10(8)18)6-1-2-14-7-5-16-20-11(6)7/h1-2,5H,3-4H2,(H,15,19). The lowest BCUT2D eigenvalue weighted by atomic mass is 10.1. The number of carbonyl (C=O) groups is 1. The molecule has 100 valence electrons. The van der Waals surface area contributed by atoms with E-state index < -0.39 is 0 Å². The van der Waals surface area contributed by atoms with Crippen LogP contribution in [-0.2, 0) is 6.54 Å². The molecule has 0 bridgehead atoms. The number of nitrogens with zero attached hydrogens (tertiary/aromatic N) is 4. The molecule has 0 aliphatic carbocycles. The van der Waals surface area contributed by atoms with Gasteiger partial charge in [0.2, 0.25) is 0 Å². The van der Waals surface area contributed by atoms with Gasteiger partial charge in [-0.05, 0) is 17.6 Å². The van der Waals surface area contributed by atoms with Gasteiger partial charge in [0.1, 0.15) is 16.9 Å². The van der Waals surface area contributed by atoms with Gasteiger partial charge in [-0.15, -0.1) is 0 Å². The predicted octanol–water partition coefficient (Wildman–Crippen LogP) is 1.95. The van der Waals surface area contributed by atoms with Crippen LogP contribution in [0.4, 0.5) is 0 Å².